The molecular weight excluding hydrogens is 371 g/mol. The maximum Gasteiger partial charge on any atom is 0.418 e. The zero-order chi connectivity index (χ0) is 20.1. The highest BCUT2D eigenvalue weighted by molar-refractivity contribution is 5.94. The summed E-state index contributed by atoms with van der Waals surface area (Å²) in [7, 11) is 0. The van der Waals surface area contributed by atoms with Gasteiger partial charge in [-0.05, 0) is 48.9 Å². The molecule has 28 heavy (non-hydrogen) atoms. The highest BCUT2D eigenvalue weighted by Crippen LogP contribution is 2.39. The molecule has 2 aliphatic rings. The minimum absolute atomic E-state index is 0.0535. The number of aromatic nitrogens is 1. The van der Waals surface area contributed by atoms with Crippen molar-refractivity contribution < 1.29 is 23.1 Å². The molecule has 150 valence electrons. The number of anilines is 1. The van der Waals surface area contributed by atoms with Crippen molar-refractivity contribution in [3.63, 3.8) is 0 Å². The van der Waals surface area contributed by atoms with E-state index in [0.29, 0.717) is 24.2 Å². The van der Waals surface area contributed by atoms with Gasteiger partial charge in [0.1, 0.15) is 6.10 Å². The predicted octanol–water partition coefficient (Wildman–Crippen LogP) is 2.97. The fourth-order valence-corrected chi connectivity index (χ4v) is 3.91. The van der Waals surface area contributed by atoms with Gasteiger partial charge in [-0.1, -0.05) is 6.92 Å². The first-order valence-electron chi connectivity index (χ1n) is 9.44. The van der Waals surface area contributed by atoms with Crippen LogP contribution in [-0.4, -0.2) is 41.2 Å². The molecule has 1 saturated carbocycles. The summed E-state index contributed by atoms with van der Waals surface area (Å²) >= 11 is 0. The van der Waals surface area contributed by atoms with E-state index in [4.69, 9.17) is 0 Å². The highest BCUT2D eigenvalue weighted by Gasteiger charge is 2.39. The molecule has 1 saturated heterocycles. The lowest BCUT2D eigenvalue weighted by molar-refractivity contribution is -0.136. The number of amides is 1. The van der Waals surface area contributed by atoms with Crippen molar-refractivity contribution in [3.05, 3.63) is 36.0 Å². The van der Waals surface area contributed by atoms with Crippen LogP contribution < -0.4 is 10.2 Å². The number of rotatable bonds is 4. The summed E-state index contributed by atoms with van der Waals surface area (Å²) in [4.78, 5) is 18.2. The number of halogens is 3. The number of nitrogens with one attached hydrogen (secondary N) is 1. The molecule has 1 unspecified atom stereocenters. The number of aliphatic hydroxyl groups excluding tert-OH is 1. The number of pyridine rings is 1. The summed E-state index contributed by atoms with van der Waals surface area (Å²) in [5, 5.41) is 13.3. The normalized spacial score (nSPS) is 23.8. The molecule has 0 bridgehead atoms. The molecule has 5 nitrogen and oxygen atoms in total. The summed E-state index contributed by atoms with van der Waals surface area (Å²) in [6.07, 6.45) is -2.36. The molecule has 0 radical (unpaired) electrons. The number of alkyl halides is 3. The lowest BCUT2D eigenvalue weighted by atomic mass is 10.1. The molecule has 8 heteroatoms. The second kappa shape index (κ2) is 6.92. The van der Waals surface area contributed by atoms with E-state index in [1.807, 2.05) is 11.8 Å². The fourth-order valence-electron chi connectivity index (χ4n) is 3.91. The zero-order valence-corrected chi connectivity index (χ0v) is 15.4. The van der Waals surface area contributed by atoms with Crippen molar-refractivity contribution >= 4 is 22.5 Å². The van der Waals surface area contributed by atoms with Gasteiger partial charge < -0.3 is 15.3 Å². The van der Waals surface area contributed by atoms with Crippen LogP contribution >= 0.6 is 0 Å². The Hall–Kier alpha value is -2.35. The molecule has 1 aliphatic carbocycles. The van der Waals surface area contributed by atoms with Gasteiger partial charge in [0.05, 0.1) is 17.1 Å². The average molecular weight is 393 g/mol. The quantitative estimate of drug-likeness (QED) is 0.838. The maximum atomic E-state index is 13.3. The van der Waals surface area contributed by atoms with Gasteiger partial charge >= 0.3 is 6.18 Å². The Kier molecular flexibility index (Phi) is 4.69. The second-order valence-electron chi connectivity index (χ2n) is 7.81. The lowest BCUT2D eigenvalue weighted by Gasteiger charge is -2.22. The third-order valence-electron chi connectivity index (χ3n) is 5.67. The second-order valence-corrected chi connectivity index (χ2v) is 7.81. The van der Waals surface area contributed by atoms with Crippen LogP contribution in [0.4, 0.5) is 18.9 Å². The Bertz CT molecular complexity index is 898. The minimum Gasteiger partial charge on any atom is -0.383 e. The monoisotopic (exact) mass is 393 g/mol. The van der Waals surface area contributed by atoms with E-state index >= 15 is 0 Å². The molecule has 2 N–H and O–H groups in total. The van der Waals surface area contributed by atoms with E-state index in [9.17, 15) is 23.1 Å². The first-order chi connectivity index (χ1) is 13.3. The summed E-state index contributed by atoms with van der Waals surface area (Å²) in [5.74, 6) is -0.206. The van der Waals surface area contributed by atoms with Crippen molar-refractivity contribution in [3.8, 4) is 0 Å². The summed E-state index contributed by atoms with van der Waals surface area (Å²) < 4.78 is 39.9. The number of carbonyl (C=O) groups excluding carboxylic acids is 1. The molecule has 2 aromatic rings. The number of hydrogen-bond acceptors (Lipinski definition) is 4. The van der Waals surface area contributed by atoms with Gasteiger partial charge in [0.15, 0.2) is 0 Å². The topological polar surface area (TPSA) is 65.5 Å². The van der Waals surface area contributed by atoms with Crippen molar-refractivity contribution in [2.24, 2.45) is 11.8 Å². The molecule has 2 fully saturated rings. The third-order valence-corrected chi connectivity index (χ3v) is 5.67. The van der Waals surface area contributed by atoms with E-state index in [2.05, 4.69) is 10.3 Å². The highest BCUT2D eigenvalue weighted by atomic mass is 19.4. The van der Waals surface area contributed by atoms with Crippen LogP contribution in [0.3, 0.4) is 0 Å². The van der Waals surface area contributed by atoms with E-state index in [1.165, 1.54) is 12.3 Å². The van der Waals surface area contributed by atoms with Gasteiger partial charge in [0.2, 0.25) is 5.91 Å². The van der Waals surface area contributed by atoms with Gasteiger partial charge in [-0.15, -0.1) is 0 Å². The number of benzene rings is 1. The van der Waals surface area contributed by atoms with Crippen molar-refractivity contribution in [2.45, 2.75) is 38.1 Å². The van der Waals surface area contributed by atoms with Crippen molar-refractivity contribution in [1.29, 1.82) is 0 Å². The summed E-state index contributed by atoms with van der Waals surface area (Å²) in [6, 6.07) is 5.63. The molecule has 1 amide bonds. The Morgan fingerprint density at radius 3 is 2.71 bits per heavy atom. The number of nitrogens with zero attached hydrogens (tertiary/aromatic N) is 2. The van der Waals surface area contributed by atoms with E-state index in [0.717, 1.165) is 18.9 Å². The molecular formula is C20H22F3N3O2. The van der Waals surface area contributed by atoms with Gasteiger partial charge in [0.25, 0.3) is 0 Å². The standard InChI is InChI=1S/C20H22F3N3O2/c1-11-9-26(10-15(11)25-19(28)18(27)12-4-5-12)16-7-6-14(20(21,22)23)17-13(16)3-2-8-24-17/h2-3,6-8,11-12,15,18,27H,4-5,9-10H2,1H3,(H,25,28)/t11-,15+,18?/m1/s1. The minimum atomic E-state index is -4.47. The van der Waals surface area contributed by atoms with Crippen LogP contribution in [0, 0.1) is 11.8 Å². The SMILES string of the molecule is C[C@@H]1CN(c2ccc(C(F)(F)F)c3ncccc23)C[C@@H]1NC(=O)C(O)C1CC1. The molecule has 2 heterocycles. The van der Waals surface area contributed by atoms with Crippen LogP contribution in [0.2, 0.25) is 0 Å². The molecule has 1 aromatic heterocycles. The van der Waals surface area contributed by atoms with E-state index in [-0.39, 0.29) is 29.3 Å². The summed E-state index contributed by atoms with van der Waals surface area (Å²) in [6.45, 7) is 3.05. The third kappa shape index (κ3) is 3.53. The first-order valence-corrected chi connectivity index (χ1v) is 9.44. The fraction of sp³-hybridized carbons (Fsp3) is 0.500. The molecule has 1 aliphatic heterocycles. The van der Waals surface area contributed by atoms with Crippen molar-refractivity contribution in [2.75, 3.05) is 18.0 Å². The van der Waals surface area contributed by atoms with Gasteiger partial charge in [0, 0.05) is 30.4 Å². The number of aliphatic hydroxyl groups is 1. The summed E-state index contributed by atoms with van der Waals surface area (Å²) in [5.41, 5.74) is -0.157. The zero-order valence-electron chi connectivity index (χ0n) is 15.4. The molecule has 4 rings (SSSR count). The number of fused-ring (bicyclic) bond motifs is 1. The predicted molar refractivity (Wildman–Crippen MR) is 98.8 cm³/mol. The van der Waals surface area contributed by atoms with Crippen LogP contribution in [0.25, 0.3) is 10.9 Å². The van der Waals surface area contributed by atoms with Crippen molar-refractivity contribution in [1.82, 2.24) is 10.3 Å². The number of hydrogen-bond donors (Lipinski definition) is 2. The smallest absolute Gasteiger partial charge is 0.383 e. The van der Waals surface area contributed by atoms with Crippen LogP contribution in [0.15, 0.2) is 30.5 Å². The van der Waals surface area contributed by atoms with E-state index < -0.39 is 17.8 Å². The lowest BCUT2D eigenvalue weighted by Crippen LogP contribution is -2.45. The van der Waals surface area contributed by atoms with Gasteiger partial charge in [-0.2, -0.15) is 13.2 Å². The average Bonchev–Trinajstić information content (AvgIpc) is 3.43. The Morgan fingerprint density at radius 1 is 1.29 bits per heavy atom. The van der Waals surface area contributed by atoms with Crippen LogP contribution in [0.1, 0.15) is 25.3 Å². The largest absolute Gasteiger partial charge is 0.418 e. The Morgan fingerprint density at radius 2 is 2.04 bits per heavy atom. The molecule has 3 atom stereocenters. The number of carbonyl (C=O) groups is 1. The van der Waals surface area contributed by atoms with Gasteiger partial charge in [-0.25, -0.2) is 0 Å². The Labute approximate surface area is 160 Å². The first kappa shape index (κ1) is 19.0. The Balaban J connectivity index is 1.58. The van der Waals surface area contributed by atoms with Crippen LogP contribution in [0.5, 0.6) is 0 Å². The maximum absolute atomic E-state index is 13.3. The van der Waals surface area contributed by atoms with Gasteiger partial charge in [-0.3, -0.25) is 9.78 Å². The molecule has 0 spiro atoms. The molecule has 1 aromatic carbocycles. The van der Waals surface area contributed by atoms with E-state index in [1.54, 1.807) is 12.1 Å². The van der Waals surface area contributed by atoms with Crippen LogP contribution in [-0.2, 0) is 11.0 Å².